The topological polar surface area (TPSA) is 66.6 Å². The van der Waals surface area contributed by atoms with Gasteiger partial charge in [0.2, 0.25) is 11.8 Å². The molecule has 2 aliphatic rings. The molecule has 0 saturated carbocycles. The van der Waals surface area contributed by atoms with E-state index in [0.717, 1.165) is 51.9 Å². The number of nitrogens with zero attached hydrogens (tertiary/aromatic N) is 2. The van der Waals surface area contributed by atoms with Crippen LogP contribution in [-0.2, 0) is 9.59 Å². The zero-order valence-corrected chi connectivity index (χ0v) is 15.1. The molecule has 0 spiro atoms. The summed E-state index contributed by atoms with van der Waals surface area (Å²) < 4.78 is 0. The third-order valence-electron chi connectivity index (χ3n) is 5.64. The second-order valence-electron chi connectivity index (χ2n) is 7.55. The van der Waals surface area contributed by atoms with E-state index in [4.69, 9.17) is 5.73 Å². The van der Waals surface area contributed by atoms with Gasteiger partial charge >= 0.3 is 0 Å². The Labute approximate surface area is 150 Å². The lowest BCUT2D eigenvalue weighted by Crippen LogP contribution is -2.47. The van der Waals surface area contributed by atoms with Crippen molar-refractivity contribution in [2.75, 3.05) is 32.7 Å². The van der Waals surface area contributed by atoms with E-state index in [-0.39, 0.29) is 17.7 Å². The predicted molar refractivity (Wildman–Crippen MR) is 98.1 cm³/mol. The maximum atomic E-state index is 12.7. The molecule has 0 radical (unpaired) electrons. The molecule has 2 aliphatic heterocycles. The number of hydrogen-bond donors (Lipinski definition) is 1. The molecule has 1 aromatic carbocycles. The van der Waals surface area contributed by atoms with Crippen LogP contribution in [0.3, 0.4) is 0 Å². The van der Waals surface area contributed by atoms with E-state index in [1.54, 1.807) is 0 Å². The molecule has 2 heterocycles. The quantitative estimate of drug-likeness (QED) is 0.908. The number of aryl methyl sites for hydroxylation is 1. The van der Waals surface area contributed by atoms with Gasteiger partial charge in [0.15, 0.2) is 0 Å². The number of rotatable bonds is 4. The molecule has 5 nitrogen and oxygen atoms in total. The molecular weight excluding hydrogens is 314 g/mol. The molecule has 25 heavy (non-hydrogen) atoms. The summed E-state index contributed by atoms with van der Waals surface area (Å²) in [6.45, 7) is 5.83. The van der Waals surface area contributed by atoms with E-state index in [9.17, 15) is 9.59 Å². The maximum absolute atomic E-state index is 12.7. The highest BCUT2D eigenvalue weighted by atomic mass is 16.2. The number of piperidine rings is 2. The fraction of sp³-hybridized carbons (Fsp3) is 0.600. The smallest absolute Gasteiger partial charge is 0.236 e. The largest absolute Gasteiger partial charge is 0.369 e. The van der Waals surface area contributed by atoms with Gasteiger partial charge in [-0.15, -0.1) is 0 Å². The molecule has 1 unspecified atom stereocenters. The van der Waals surface area contributed by atoms with Crippen LogP contribution in [0.5, 0.6) is 0 Å². The number of carbonyl (C=O) groups excluding carboxylic acids is 2. The minimum absolute atomic E-state index is 0.0213. The molecular formula is C20H29N3O2. The molecule has 2 saturated heterocycles. The Hall–Kier alpha value is -1.88. The van der Waals surface area contributed by atoms with E-state index in [1.807, 2.05) is 4.90 Å². The van der Waals surface area contributed by atoms with Crippen LogP contribution < -0.4 is 5.73 Å². The van der Waals surface area contributed by atoms with Crippen molar-refractivity contribution in [1.82, 2.24) is 9.80 Å². The normalized spacial score (nSPS) is 22.8. The first-order valence-corrected chi connectivity index (χ1v) is 9.39. The Morgan fingerprint density at radius 1 is 1.16 bits per heavy atom. The summed E-state index contributed by atoms with van der Waals surface area (Å²) in [5.74, 6) is 0.433. The van der Waals surface area contributed by atoms with E-state index < -0.39 is 0 Å². The van der Waals surface area contributed by atoms with Crippen LogP contribution >= 0.6 is 0 Å². The molecule has 1 aromatic rings. The first kappa shape index (κ1) is 17.9. The molecule has 3 rings (SSSR count). The van der Waals surface area contributed by atoms with Gasteiger partial charge in [0, 0.05) is 24.9 Å². The summed E-state index contributed by atoms with van der Waals surface area (Å²) in [5, 5.41) is 0. The van der Waals surface area contributed by atoms with Gasteiger partial charge in [-0.2, -0.15) is 0 Å². The van der Waals surface area contributed by atoms with E-state index >= 15 is 0 Å². The zero-order valence-electron chi connectivity index (χ0n) is 15.1. The average Bonchev–Trinajstić information content (AvgIpc) is 2.62. The Balaban J connectivity index is 1.53. The van der Waals surface area contributed by atoms with E-state index in [0.29, 0.717) is 12.5 Å². The number of likely N-dealkylation sites (tertiary alicyclic amines) is 2. The standard InChI is InChI=1S/C20H29N3O2/c1-15-4-2-5-17(12-15)18-6-3-9-23(13-18)19(24)14-22-10-7-16(8-11-22)20(21)25/h2,4-5,12,16,18H,3,6-11,13-14H2,1H3,(H2,21,25). The lowest BCUT2D eigenvalue weighted by atomic mass is 9.90. The number of amides is 2. The lowest BCUT2D eigenvalue weighted by molar-refractivity contribution is -0.134. The maximum Gasteiger partial charge on any atom is 0.236 e. The van der Waals surface area contributed by atoms with Crippen molar-refractivity contribution in [3.05, 3.63) is 35.4 Å². The van der Waals surface area contributed by atoms with Gasteiger partial charge in [-0.25, -0.2) is 0 Å². The summed E-state index contributed by atoms with van der Waals surface area (Å²) in [6.07, 6.45) is 3.76. The first-order chi connectivity index (χ1) is 12.0. The highest BCUT2D eigenvalue weighted by molar-refractivity contribution is 5.79. The van der Waals surface area contributed by atoms with Gasteiger partial charge in [0.1, 0.15) is 0 Å². The van der Waals surface area contributed by atoms with Crippen molar-refractivity contribution in [3.8, 4) is 0 Å². The number of carbonyl (C=O) groups is 2. The molecule has 2 fully saturated rings. The summed E-state index contributed by atoms with van der Waals surface area (Å²) in [7, 11) is 0. The van der Waals surface area contributed by atoms with Crippen molar-refractivity contribution in [3.63, 3.8) is 0 Å². The molecule has 2 amide bonds. The third kappa shape index (κ3) is 4.60. The van der Waals surface area contributed by atoms with Crippen LogP contribution in [0.15, 0.2) is 24.3 Å². The van der Waals surface area contributed by atoms with Gasteiger partial charge in [-0.3, -0.25) is 14.5 Å². The monoisotopic (exact) mass is 343 g/mol. The van der Waals surface area contributed by atoms with Crippen LogP contribution in [0.25, 0.3) is 0 Å². The number of nitrogens with two attached hydrogens (primary N) is 1. The van der Waals surface area contributed by atoms with E-state index in [1.165, 1.54) is 11.1 Å². The summed E-state index contributed by atoms with van der Waals surface area (Å²) in [5.41, 5.74) is 8.00. The molecule has 0 aromatic heterocycles. The second kappa shape index (κ2) is 8.00. The van der Waals surface area contributed by atoms with Crippen molar-refractivity contribution >= 4 is 11.8 Å². The van der Waals surface area contributed by atoms with Crippen molar-refractivity contribution in [2.45, 2.75) is 38.5 Å². The van der Waals surface area contributed by atoms with Crippen molar-refractivity contribution < 1.29 is 9.59 Å². The van der Waals surface area contributed by atoms with Crippen molar-refractivity contribution in [1.29, 1.82) is 0 Å². The molecule has 136 valence electrons. The molecule has 5 heteroatoms. The SMILES string of the molecule is Cc1cccc(C2CCCN(C(=O)CN3CCC(C(N)=O)CC3)C2)c1. The van der Waals surface area contributed by atoms with Gasteiger partial charge in [0.05, 0.1) is 6.54 Å². The third-order valence-corrected chi connectivity index (χ3v) is 5.64. The number of hydrogen-bond acceptors (Lipinski definition) is 3. The Morgan fingerprint density at radius 3 is 2.60 bits per heavy atom. The second-order valence-corrected chi connectivity index (χ2v) is 7.55. The fourth-order valence-electron chi connectivity index (χ4n) is 4.07. The zero-order chi connectivity index (χ0) is 17.8. The molecule has 1 atom stereocenters. The first-order valence-electron chi connectivity index (χ1n) is 9.39. The van der Waals surface area contributed by atoms with E-state index in [2.05, 4.69) is 36.1 Å². The highest BCUT2D eigenvalue weighted by Gasteiger charge is 2.28. The lowest BCUT2D eigenvalue weighted by Gasteiger charge is -2.36. The van der Waals surface area contributed by atoms with Crippen LogP contribution in [-0.4, -0.2) is 54.3 Å². The van der Waals surface area contributed by atoms with Gasteiger partial charge in [0.25, 0.3) is 0 Å². The number of benzene rings is 1. The number of primary amides is 1. The highest BCUT2D eigenvalue weighted by Crippen LogP contribution is 2.27. The summed E-state index contributed by atoms with van der Waals surface area (Å²) >= 11 is 0. The average molecular weight is 343 g/mol. The molecule has 0 aliphatic carbocycles. The minimum atomic E-state index is -0.206. The molecule has 0 bridgehead atoms. The predicted octanol–water partition coefficient (Wildman–Crippen LogP) is 1.90. The van der Waals surface area contributed by atoms with Gasteiger partial charge < -0.3 is 10.6 Å². The van der Waals surface area contributed by atoms with Crippen molar-refractivity contribution in [2.24, 2.45) is 11.7 Å². The van der Waals surface area contributed by atoms with Gasteiger partial charge in [-0.1, -0.05) is 29.8 Å². The van der Waals surface area contributed by atoms with Crippen LogP contribution in [0, 0.1) is 12.8 Å². The Bertz CT molecular complexity index is 623. The molecule has 2 N–H and O–H groups in total. The fourth-order valence-corrected chi connectivity index (χ4v) is 4.07. The minimum Gasteiger partial charge on any atom is -0.369 e. The Morgan fingerprint density at radius 2 is 1.92 bits per heavy atom. The van der Waals surface area contributed by atoms with Crippen LogP contribution in [0.4, 0.5) is 0 Å². The van der Waals surface area contributed by atoms with Crippen LogP contribution in [0.1, 0.15) is 42.7 Å². The van der Waals surface area contributed by atoms with Gasteiger partial charge in [-0.05, 0) is 51.3 Å². The summed E-state index contributed by atoms with van der Waals surface area (Å²) in [6, 6.07) is 8.65. The Kier molecular flexibility index (Phi) is 5.74. The summed E-state index contributed by atoms with van der Waals surface area (Å²) in [4.78, 5) is 28.2. The van der Waals surface area contributed by atoms with Crippen LogP contribution in [0.2, 0.25) is 0 Å².